The molecule has 0 saturated heterocycles. The van der Waals surface area contributed by atoms with Crippen LogP contribution >= 0.6 is 0 Å². The topological polar surface area (TPSA) is 31.2 Å². The maximum absolute atomic E-state index is 12.3. The summed E-state index contributed by atoms with van der Waals surface area (Å²) >= 11 is 0. The largest absolute Gasteiger partial charge is 0.489 e. The lowest BCUT2D eigenvalue weighted by Crippen LogP contribution is -2.18. The number of aryl methyl sites for hydroxylation is 1. The van der Waals surface area contributed by atoms with Crippen LogP contribution in [-0.4, -0.2) is 12.4 Å². The van der Waals surface area contributed by atoms with E-state index in [2.05, 4.69) is 7.85 Å². The Labute approximate surface area is 136 Å². The Hall–Kier alpha value is -2.75. The van der Waals surface area contributed by atoms with Crippen LogP contribution < -0.4 is 15.8 Å². The van der Waals surface area contributed by atoms with Crippen molar-refractivity contribution in [3.63, 3.8) is 0 Å². The second kappa shape index (κ2) is 6.57. The van der Waals surface area contributed by atoms with Crippen molar-refractivity contribution in [1.82, 2.24) is 4.57 Å². The summed E-state index contributed by atoms with van der Waals surface area (Å²) in [6, 6.07) is 19.2. The lowest BCUT2D eigenvalue weighted by atomic mass is 9.91. The Morgan fingerprint density at radius 3 is 2.52 bits per heavy atom. The van der Waals surface area contributed by atoms with E-state index in [9.17, 15) is 4.79 Å². The van der Waals surface area contributed by atoms with Gasteiger partial charge in [0, 0.05) is 18.0 Å². The van der Waals surface area contributed by atoms with E-state index >= 15 is 0 Å². The highest BCUT2D eigenvalue weighted by Crippen LogP contribution is 2.12. The van der Waals surface area contributed by atoms with Gasteiger partial charge in [0.2, 0.25) is 0 Å². The third kappa shape index (κ3) is 3.54. The molecule has 0 fully saturated rings. The van der Waals surface area contributed by atoms with Crippen LogP contribution in [-0.2, 0) is 6.61 Å². The summed E-state index contributed by atoms with van der Waals surface area (Å²) in [6.45, 7) is 2.50. The van der Waals surface area contributed by atoms with Gasteiger partial charge in [0.1, 0.15) is 20.2 Å². The monoisotopic (exact) mass is 303 g/mol. The van der Waals surface area contributed by atoms with Crippen LogP contribution in [0.25, 0.3) is 5.69 Å². The summed E-state index contributed by atoms with van der Waals surface area (Å²) in [4.78, 5) is 12.3. The molecule has 0 N–H and O–H groups in total. The molecular formula is C19H18BNO2. The Bertz CT molecular complexity index is 872. The van der Waals surface area contributed by atoms with Crippen molar-refractivity contribution in [2.75, 3.05) is 0 Å². The van der Waals surface area contributed by atoms with Crippen molar-refractivity contribution >= 4 is 13.3 Å². The molecule has 114 valence electrons. The highest BCUT2D eigenvalue weighted by molar-refractivity contribution is 6.33. The summed E-state index contributed by atoms with van der Waals surface area (Å²) in [7, 11) is 2.06. The first-order chi connectivity index (χ1) is 11.1. The number of nitrogens with zero attached hydrogens (tertiary/aromatic N) is 1. The van der Waals surface area contributed by atoms with Gasteiger partial charge in [-0.1, -0.05) is 47.4 Å². The average molecular weight is 303 g/mol. The van der Waals surface area contributed by atoms with Gasteiger partial charge in [-0.05, 0) is 30.7 Å². The van der Waals surface area contributed by atoms with Gasteiger partial charge in [-0.3, -0.25) is 9.36 Å². The molecule has 2 aromatic carbocycles. The molecule has 1 aromatic heterocycles. The van der Waals surface area contributed by atoms with Crippen LogP contribution in [0.1, 0.15) is 11.1 Å². The standard InChI is InChI=1S/C19H18BNO2/c1-14-11-16(7-8-18(14)20)21-10-9-17(12-19(21)22)23-13-15-5-3-2-4-6-15/h2-12H,13,20H2,1H3. The molecule has 0 saturated carbocycles. The van der Waals surface area contributed by atoms with Crippen LogP contribution in [0, 0.1) is 6.92 Å². The van der Waals surface area contributed by atoms with Crippen molar-refractivity contribution < 1.29 is 4.74 Å². The van der Waals surface area contributed by atoms with E-state index in [-0.39, 0.29) is 5.56 Å². The van der Waals surface area contributed by atoms with Gasteiger partial charge in [0.25, 0.3) is 5.56 Å². The molecule has 0 aliphatic heterocycles. The first kappa shape index (κ1) is 15.2. The third-order valence-electron chi connectivity index (χ3n) is 3.91. The fraction of sp³-hybridized carbons (Fsp3) is 0.105. The normalized spacial score (nSPS) is 10.5. The smallest absolute Gasteiger partial charge is 0.258 e. The summed E-state index contributed by atoms with van der Waals surface area (Å²) in [6.07, 6.45) is 1.76. The quantitative estimate of drug-likeness (QED) is 0.690. The number of benzene rings is 2. The molecule has 1 heterocycles. The Morgan fingerprint density at radius 2 is 1.83 bits per heavy atom. The second-order valence-corrected chi connectivity index (χ2v) is 5.61. The van der Waals surface area contributed by atoms with Crippen LogP contribution in [0.4, 0.5) is 0 Å². The number of rotatable bonds is 4. The molecule has 0 bridgehead atoms. The predicted molar refractivity (Wildman–Crippen MR) is 95.7 cm³/mol. The number of ether oxygens (including phenoxy) is 1. The van der Waals surface area contributed by atoms with E-state index < -0.39 is 0 Å². The van der Waals surface area contributed by atoms with E-state index in [1.807, 2.05) is 61.5 Å². The van der Waals surface area contributed by atoms with Crippen LogP contribution in [0.2, 0.25) is 0 Å². The van der Waals surface area contributed by atoms with Crippen molar-refractivity contribution in [1.29, 1.82) is 0 Å². The molecule has 0 spiro atoms. The third-order valence-corrected chi connectivity index (χ3v) is 3.91. The molecule has 4 heteroatoms. The fourth-order valence-electron chi connectivity index (χ4n) is 2.38. The lowest BCUT2D eigenvalue weighted by molar-refractivity contribution is 0.305. The van der Waals surface area contributed by atoms with E-state index in [0.29, 0.717) is 12.4 Å². The van der Waals surface area contributed by atoms with Crippen LogP contribution in [0.15, 0.2) is 71.7 Å². The number of hydrogen-bond acceptors (Lipinski definition) is 2. The lowest BCUT2D eigenvalue weighted by Gasteiger charge is -2.10. The van der Waals surface area contributed by atoms with Crippen molar-refractivity contribution in [2.45, 2.75) is 13.5 Å². The summed E-state index contributed by atoms with van der Waals surface area (Å²) < 4.78 is 7.32. The number of aromatic nitrogens is 1. The summed E-state index contributed by atoms with van der Waals surface area (Å²) in [5, 5.41) is 0. The van der Waals surface area contributed by atoms with Gasteiger partial charge < -0.3 is 4.74 Å². The summed E-state index contributed by atoms with van der Waals surface area (Å²) in [5.74, 6) is 0.582. The maximum atomic E-state index is 12.3. The minimum Gasteiger partial charge on any atom is -0.489 e. The van der Waals surface area contributed by atoms with Gasteiger partial charge in [0.15, 0.2) is 0 Å². The number of hydrogen-bond donors (Lipinski definition) is 0. The van der Waals surface area contributed by atoms with Crippen LogP contribution in [0.3, 0.4) is 0 Å². The zero-order valence-electron chi connectivity index (χ0n) is 13.3. The minimum absolute atomic E-state index is 0.0983. The Morgan fingerprint density at radius 1 is 1.04 bits per heavy atom. The molecule has 0 aliphatic carbocycles. The van der Waals surface area contributed by atoms with E-state index in [1.165, 1.54) is 17.1 Å². The molecule has 3 nitrogen and oxygen atoms in total. The van der Waals surface area contributed by atoms with E-state index in [4.69, 9.17) is 4.74 Å². The first-order valence-corrected chi connectivity index (χ1v) is 7.60. The minimum atomic E-state index is -0.0983. The predicted octanol–water partition coefficient (Wildman–Crippen LogP) is 1.98. The van der Waals surface area contributed by atoms with E-state index in [0.717, 1.165) is 11.3 Å². The van der Waals surface area contributed by atoms with Crippen molar-refractivity contribution in [3.05, 3.63) is 88.3 Å². The van der Waals surface area contributed by atoms with Crippen molar-refractivity contribution in [2.24, 2.45) is 0 Å². The highest BCUT2D eigenvalue weighted by atomic mass is 16.5. The van der Waals surface area contributed by atoms with Gasteiger partial charge in [-0.2, -0.15) is 0 Å². The molecule has 0 aliphatic rings. The van der Waals surface area contributed by atoms with Crippen LogP contribution in [0.5, 0.6) is 5.75 Å². The van der Waals surface area contributed by atoms with Gasteiger partial charge in [-0.25, -0.2) is 0 Å². The average Bonchev–Trinajstić information content (AvgIpc) is 2.57. The fourth-order valence-corrected chi connectivity index (χ4v) is 2.38. The zero-order chi connectivity index (χ0) is 16.2. The molecule has 0 radical (unpaired) electrons. The zero-order valence-corrected chi connectivity index (χ0v) is 13.3. The molecule has 3 rings (SSSR count). The highest BCUT2D eigenvalue weighted by Gasteiger charge is 2.04. The van der Waals surface area contributed by atoms with E-state index in [1.54, 1.807) is 10.8 Å². The second-order valence-electron chi connectivity index (χ2n) is 5.61. The molecule has 23 heavy (non-hydrogen) atoms. The molecular weight excluding hydrogens is 285 g/mol. The Balaban J connectivity index is 1.80. The van der Waals surface area contributed by atoms with Gasteiger partial charge in [0.05, 0.1) is 0 Å². The molecule has 0 unspecified atom stereocenters. The van der Waals surface area contributed by atoms with Gasteiger partial charge in [-0.15, -0.1) is 0 Å². The van der Waals surface area contributed by atoms with Gasteiger partial charge >= 0.3 is 0 Å². The maximum Gasteiger partial charge on any atom is 0.258 e. The molecule has 0 amide bonds. The summed E-state index contributed by atoms with van der Waals surface area (Å²) in [5.41, 5.74) is 4.22. The molecule has 3 aromatic rings. The van der Waals surface area contributed by atoms with Crippen molar-refractivity contribution in [3.8, 4) is 11.4 Å². The first-order valence-electron chi connectivity index (χ1n) is 7.60. The molecule has 0 atom stereocenters. The Kier molecular flexibility index (Phi) is 4.33. The number of pyridine rings is 1. The SMILES string of the molecule is Bc1ccc(-n2ccc(OCc3ccccc3)cc2=O)cc1C.